The molecular weight excluding hydrogens is 270 g/mol. The van der Waals surface area contributed by atoms with Gasteiger partial charge >= 0.3 is 0 Å². The number of rotatable bonds is 6. The molecule has 5 heteroatoms. The minimum atomic E-state index is -0.166. The van der Waals surface area contributed by atoms with Crippen molar-refractivity contribution in [2.24, 2.45) is 11.7 Å². The van der Waals surface area contributed by atoms with Gasteiger partial charge in [-0.2, -0.15) is 4.98 Å². The van der Waals surface area contributed by atoms with Crippen molar-refractivity contribution in [3.63, 3.8) is 0 Å². The maximum absolute atomic E-state index is 6.03. The number of hydrogen-bond donors (Lipinski definition) is 1. The van der Waals surface area contributed by atoms with E-state index in [0.29, 0.717) is 23.4 Å². The van der Waals surface area contributed by atoms with E-state index in [-0.39, 0.29) is 6.04 Å². The number of nitrogens with zero attached hydrogens (tertiary/aromatic N) is 2. The molecule has 20 heavy (non-hydrogen) atoms. The molecule has 0 aliphatic heterocycles. The van der Waals surface area contributed by atoms with Crippen LogP contribution in [0.1, 0.15) is 43.6 Å². The molecule has 1 aromatic heterocycles. The highest BCUT2D eigenvalue weighted by Gasteiger charge is 2.16. The first-order valence-corrected chi connectivity index (χ1v) is 7.80. The summed E-state index contributed by atoms with van der Waals surface area (Å²) in [5.41, 5.74) is 7.29. The van der Waals surface area contributed by atoms with Crippen molar-refractivity contribution in [2.75, 3.05) is 0 Å². The highest BCUT2D eigenvalue weighted by atomic mass is 32.2. The summed E-state index contributed by atoms with van der Waals surface area (Å²) in [5.74, 6) is 2.45. The van der Waals surface area contributed by atoms with Gasteiger partial charge in [0.05, 0.1) is 11.8 Å². The SMILES string of the molecule is Cc1cccc(SCc2noc([C@H](N)CC(C)C)n2)c1. The lowest BCUT2D eigenvalue weighted by Gasteiger charge is -2.08. The maximum atomic E-state index is 6.03. The second kappa shape index (κ2) is 6.90. The number of benzene rings is 1. The van der Waals surface area contributed by atoms with Crippen LogP contribution in [0.4, 0.5) is 0 Å². The maximum Gasteiger partial charge on any atom is 0.243 e. The van der Waals surface area contributed by atoms with Crippen molar-refractivity contribution in [2.45, 2.75) is 43.9 Å². The van der Waals surface area contributed by atoms with Gasteiger partial charge in [0.1, 0.15) is 0 Å². The van der Waals surface area contributed by atoms with Crippen molar-refractivity contribution in [3.05, 3.63) is 41.5 Å². The summed E-state index contributed by atoms with van der Waals surface area (Å²) in [5, 5.41) is 4.00. The fourth-order valence-corrected chi connectivity index (χ4v) is 2.80. The summed E-state index contributed by atoms with van der Waals surface area (Å²) in [7, 11) is 0. The molecule has 0 saturated heterocycles. The standard InChI is InChI=1S/C15H21N3OS/c1-10(2)7-13(16)15-17-14(18-19-15)9-20-12-6-4-5-11(3)8-12/h4-6,8,10,13H,7,9,16H2,1-3H3/t13-/m1/s1. The molecule has 108 valence electrons. The van der Waals surface area contributed by atoms with Crippen LogP contribution >= 0.6 is 11.8 Å². The van der Waals surface area contributed by atoms with E-state index in [1.165, 1.54) is 10.5 Å². The average Bonchev–Trinajstić information content (AvgIpc) is 2.84. The van der Waals surface area contributed by atoms with Gasteiger partial charge in [-0.3, -0.25) is 0 Å². The predicted molar refractivity (Wildman–Crippen MR) is 81.4 cm³/mol. The van der Waals surface area contributed by atoms with Gasteiger partial charge < -0.3 is 10.3 Å². The smallest absolute Gasteiger partial charge is 0.243 e. The molecule has 2 N–H and O–H groups in total. The zero-order valence-corrected chi connectivity index (χ0v) is 13.0. The van der Waals surface area contributed by atoms with Crippen LogP contribution in [-0.4, -0.2) is 10.1 Å². The minimum absolute atomic E-state index is 0.166. The molecule has 0 unspecified atom stereocenters. The largest absolute Gasteiger partial charge is 0.338 e. The first-order valence-electron chi connectivity index (χ1n) is 6.82. The first-order chi connectivity index (χ1) is 9.54. The highest BCUT2D eigenvalue weighted by Crippen LogP contribution is 2.23. The van der Waals surface area contributed by atoms with Crippen molar-refractivity contribution >= 4 is 11.8 Å². The number of hydrogen-bond acceptors (Lipinski definition) is 5. The summed E-state index contributed by atoms with van der Waals surface area (Å²) in [4.78, 5) is 5.59. The third kappa shape index (κ3) is 4.35. The Kier molecular flexibility index (Phi) is 5.20. The molecule has 0 fully saturated rings. The van der Waals surface area contributed by atoms with E-state index in [9.17, 15) is 0 Å². The Hall–Kier alpha value is -1.33. The summed E-state index contributed by atoms with van der Waals surface area (Å²) in [6.07, 6.45) is 0.854. The van der Waals surface area contributed by atoms with Crippen LogP contribution in [0.2, 0.25) is 0 Å². The van der Waals surface area contributed by atoms with Crippen molar-refractivity contribution in [3.8, 4) is 0 Å². The molecule has 1 aromatic carbocycles. The van der Waals surface area contributed by atoms with E-state index in [1.807, 2.05) is 0 Å². The molecule has 0 bridgehead atoms. The lowest BCUT2D eigenvalue weighted by molar-refractivity contribution is 0.333. The lowest BCUT2D eigenvalue weighted by atomic mass is 10.0. The monoisotopic (exact) mass is 291 g/mol. The molecule has 1 atom stereocenters. The second-order valence-electron chi connectivity index (χ2n) is 5.39. The van der Waals surface area contributed by atoms with Crippen LogP contribution in [-0.2, 0) is 5.75 Å². The molecule has 2 aromatic rings. The number of aryl methyl sites for hydroxylation is 1. The molecular formula is C15H21N3OS. The molecule has 0 amide bonds. The second-order valence-corrected chi connectivity index (χ2v) is 6.44. The van der Waals surface area contributed by atoms with Gasteiger partial charge in [-0.1, -0.05) is 36.7 Å². The number of thioether (sulfide) groups is 1. The lowest BCUT2D eigenvalue weighted by Crippen LogP contribution is -2.13. The third-order valence-electron chi connectivity index (χ3n) is 2.88. The molecule has 1 heterocycles. The quantitative estimate of drug-likeness (QED) is 0.822. The van der Waals surface area contributed by atoms with Crippen LogP contribution < -0.4 is 5.73 Å². The molecule has 0 radical (unpaired) electrons. The topological polar surface area (TPSA) is 64.9 Å². The van der Waals surface area contributed by atoms with E-state index >= 15 is 0 Å². The fraction of sp³-hybridized carbons (Fsp3) is 0.467. The van der Waals surface area contributed by atoms with Gasteiger partial charge in [0.25, 0.3) is 0 Å². The Morgan fingerprint density at radius 2 is 2.15 bits per heavy atom. The van der Waals surface area contributed by atoms with Crippen molar-refractivity contribution in [1.29, 1.82) is 0 Å². The van der Waals surface area contributed by atoms with E-state index in [1.54, 1.807) is 11.8 Å². The van der Waals surface area contributed by atoms with Crippen molar-refractivity contribution < 1.29 is 4.52 Å². The van der Waals surface area contributed by atoms with Gasteiger partial charge in [-0.25, -0.2) is 0 Å². The Morgan fingerprint density at radius 1 is 1.35 bits per heavy atom. The van der Waals surface area contributed by atoms with Crippen LogP contribution in [0.5, 0.6) is 0 Å². The highest BCUT2D eigenvalue weighted by molar-refractivity contribution is 7.98. The van der Waals surface area contributed by atoms with E-state index in [0.717, 1.165) is 6.42 Å². The van der Waals surface area contributed by atoms with Crippen LogP contribution in [0.25, 0.3) is 0 Å². The first kappa shape index (κ1) is 15.1. The molecule has 0 aliphatic carbocycles. The Bertz CT molecular complexity index is 554. The molecule has 0 spiro atoms. The van der Waals surface area contributed by atoms with Gasteiger partial charge in [0.15, 0.2) is 5.82 Å². The van der Waals surface area contributed by atoms with E-state index < -0.39 is 0 Å². The normalized spacial score (nSPS) is 12.8. The van der Waals surface area contributed by atoms with Gasteiger partial charge in [-0.15, -0.1) is 11.8 Å². The Morgan fingerprint density at radius 3 is 2.85 bits per heavy atom. The number of nitrogens with two attached hydrogens (primary N) is 1. The van der Waals surface area contributed by atoms with E-state index in [4.69, 9.17) is 10.3 Å². The van der Waals surface area contributed by atoms with Crippen LogP contribution in [0.3, 0.4) is 0 Å². The van der Waals surface area contributed by atoms with Crippen LogP contribution in [0.15, 0.2) is 33.7 Å². The summed E-state index contributed by atoms with van der Waals surface area (Å²) in [6.45, 7) is 6.34. The Labute approximate surface area is 124 Å². The zero-order chi connectivity index (χ0) is 14.5. The predicted octanol–water partition coefficient (Wildman–Crippen LogP) is 3.72. The van der Waals surface area contributed by atoms with Crippen molar-refractivity contribution in [1.82, 2.24) is 10.1 Å². The third-order valence-corrected chi connectivity index (χ3v) is 3.87. The van der Waals surface area contributed by atoms with Gasteiger partial charge in [0.2, 0.25) is 5.89 Å². The number of aromatic nitrogens is 2. The summed E-state index contributed by atoms with van der Waals surface area (Å²) in [6, 6.07) is 8.21. The molecule has 4 nitrogen and oxygen atoms in total. The van der Waals surface area contributed by atoms with E-state index in [2.05, 4.69) is 55.2 Å². The minimum Gasteiger partial charge on any atom is -0.338 e. The van der Waals surface area contributed by atoms with Crippen LogP contribution in [0, 0.1) is 12.8 Å². The molecule has 2 rings (SSSR count). The van der Waals surface area contributed by atoms with Gasteiger partial charge in [-0.05, 0) is 31.4 Å². The summed E-state index contributed by atoms with van der Waals surface area (Å²) < 4.78 is 5.24. The van der Waals surface area contributed by atoms with Gasteiger partial charge in [0, 0.05) is 4.90 Å². The summed E-state index contributed by atoms with van der Waals surface area (Å²) >= 11 is 1.70. The Balaban J connectivity index is 1.93. The average molecular weight is 291 g/mol. The molecule has 0 saturated carbocycles. The molecule has 0 aliphatic rings. The zero-order valence-electron chi connectivity index (χ0n) is 12.2. The fourth-order valence-electron chi connectivity index (χ4n) is 1.94.